The second-order valence-electron chi connectivity index (χ2n) is 7.07. The maximum atomic E-state index is 13.0. The van der Waals surface area contributed by atoms with Gasteiger partial charge in [0.1, 0.15) is 5.56 Å². The standard InChI is InChI=1S/C17H27N3O3/c1-11(2)16-15(13(4)18-23-16)17(21)20-9-12(3)14(10-20)19-5-7-22-8-6-19/h11-12,14H,5-10H2,1-4H3/t12-,14+/m1/s1. The summed E-state index contributed by atoms with van der Waals surface area (Å²) in [5.74, 6) is 1.40. The number of ether oxygens (including phenoxy) is 1. The second-order valence-corrected chi connectivity index (χ2v) is 7.07. The monoisotopic (exact) mass is 321 g/mol. The Kier molecular flexibility index (Phi) is 4.73. The quantitative estimate of drug-likeness (QED) is 0.851. The van der Waals surface area contributed by atoms with Gasteiger partial charge in [-0.3, -0.25) is 9.69 Å². The van der Waals surface area contributed by atoms with Crippen LogP contribution in [-0.2, 0) is 4.74 Å². The lowest BCUT2D eigenvalue weighted by atomic mass is 10.0. The van der Waals surface area contributed by atoms with Crippen LogP contribution in [0.15, 0.2) is 4.52 Å². The van der Waals surface area contributed by atoms with Crippen molar-refractivity contribution in [2.45, 2.75) is 39.7 Å². The molecule has 128 valence electrons. The lowest BCUT2D eigenvalue weighted by molar-refractivity contribution is 0.0119. The second kappa shape index (κ2) is 6.61. The van der Waals surface area contributed by atoms with E-state index in [1.807, 2.05) is 25.7 Å². The fraction of sp³-hybridized carbons (Fsp3) is 0.765. The van der Waals surface area contributed by atoms with E-state index in [9.17, 15) is 4.79 Å². The summed E-state index contributed by atoms with van der Waals surface area (Å²) in [4.78, 5) is 17.4. The van der Waals surface area contributed by atoms with Gasteiger partial charge in [-0.2, -0.15) is 0 Å². The van der Waals surface area contributed by atoms with Crippen LogP contribution in [0.25, 0.3) is 0 Å². The van der Waals surface area contributed by atoms with Crippen LogP contribution < -0.4 is 0 Å². The molecule has 2 fully saturated rings. The van der Waals surface area contributed by atoms with Crippen molar-refractivity contribution >= 4 is 5.91 Å². The Morgan fingerprint density at radius 2 is 1.96 bits per heavy atom. The van der Waals surface area contributed by atoms with E-state index in [-0.39, 0.29) is 11.8 Å². The van der Waals surface area contributed by atoms with Crippen LogP contribution in [0, 0.1) is 12.8 Å². The number of nitrogens with zero attached hydrogens (tertiary/aromatic N) is 3. The van der Waals surface area contributed by atoms with Gasteiger partial charge >= 0.3 is 0 Å². The molecule has 0 unspecified atom stereocenters. The van der Waals surface area contributed by atoms with E-state index in [2.05, 4.69) is 17.0 Å². The zero-order chi connectivity index (χ0) is 16.6. The number of aromatic nitrogens is 1. The number of morpholine rings is 1. The van der Waals surface area contributed by atoms with Gasteiger partial charge in [0.25, 0.3) is 5.91 Å². The molecule has 0 N–H and O–H groups in total. The zero-order valence-corrected chi connectivity index (χ0v) is 14.5. The highest BCUT2D eigenvalue weighted by molar-refractivity contribution is 5.96. The lowest BCUT2D eigenvalue weighted by Crippen LogP contribution is -2.47. The average molecular weight is 321 g/mol. The van der Waals surface area contributed by atoms with E-state index in [1.54, 1.807) is 0 Å². The first-order valence-electron chi connectivity index (χ1n) is 8.56. The summed E-state index contributed by atoms with van der Waals surface area (Å²) < 4.78 is 10.8. The van der Waals surface area contributed by atoms with Crippen LogP contribution in [0.2, 0.25) is 0 Å². The molecule has 2 saturated heterocycles. The molecule has 0 radical (unpaired) electrons. The van der Waals surface area contributed by atoms with E-state index in [1.165, 1.54) is 0 Å². The number of hydrogen-bond donors (Lipinski definition) is 0. The van der Waals surface area contributed by atoms with Crippen LogP contribution in [0.5, 0.6) is 0 Å². The van der Waals surface area contributed by atoms with Gasteiger partial charge in [0.05, 0.1) is 18.9 Å². The minimum atomic E-state index is 0.0649. The van der Waals surface area contributed by atoms with Crippen molar-refractivity contribution in [3.63, 3.8) is 0 Å². The number of likely N-dealkylation sites (tertiary alicyclic amines) is 1. The lowest BCUT2D eigenvalue weighted by Gasteiger charge is -2.33. The van der Waals surface area contributed by atoms with E-state index in [0.717, 1.165) is 39.4 Å². The zero-order valence-electron chi connectivity index (χ0n) is 14.5. The Hall–Kier alpha value is -1.40. The summed E-state index contributed by atoms with van der Waals surface area (Å²) in [6, 6.07) is 0.422. The molecule has 6 heteroatoms. The van der Waals surface area contributed by atoms with Crippen LogP contribution in [0.3, 0.4) is 0 Å². The molecule has 0 saturated carbocycles. The normalized spacial score (nSPS) is 26.2. The van der Waals surface area contributed by atoms with Gasteiger partial charge in [-0.25, -0.2) is 0 Å². The van der Waals surface area contributed by atoms with Gasteiger partial charge < -0.3 is 14.2 Å². The molecule has 3 heterocycles. The summed E-state index contributed by atoms with van der Waals surface area (Å²) in [7, 11) is 0. The van der Waals surface area contributed by atoms with Crippen molar-refractivity contribution in [3.8, 4) is 0 Å². The molecular formula is C17H27N3O3. The Morgan fingerprint density at radius 3 is 2.61 bits per heavy atom. The van der Waals surface area contributed by atoms with Crippen molar-refractivity contribution in [1.82, 2.24) is 15.0 Å². The third kappa shape index (κ3) is 3.15. The molecule has 0 bridgehead atoms. The Bertz CT molecular complexity index is 563. The molecule has 23 heavy (non-hydrogen) atoms. The highest BCUT2D eigenvalue weighted by Crippen LogP contribution is 2.28. The molecule has 1 aromatic rings. The predicted octanol–water partition coefficient (Wildman–Crippen LogP) is 1.90. The molecule has 0 aromatic carbocycles. The molecule has 6 nitrogen and oxygen atoms in total. The summed E-state index contributed by atoms with van der Waals surface area (Å²) in [5, 5.41) is 4.01. The largest absolute Gasteiger partial charge is 0.379 e. The third-order valence-corrected chi connectivity index (χ3v) is 5.00. The first-order valence-corrected chi connectivity index (χ1v) is 8.56. The number of rotatable bonds is 3. The van der Waals surface area contributed by atoms with Crippen molar-refractivity contribution < 1.29 is 14.1 Å². The van der Waals surface area contributed by atoms with Crippen LogP contribution in [-0.4, -0.2) is 66.3 Å². The molecule has 0 aliphatic carbocycles. The fourth-order valence-corrected chi connectivity index (χ4v) is 3.70. The van der Waals surface area contributed by atoms with E-state index >= 15 is 0 Å². The van der Waals surface area contributed by atoms with Gasteiger partial charge in [0, 0.05) is 38.1 Å². The van der Waals surface area contributed by atoms with Gasteiger partial charge in [0.2, 0.25) is 0 Å². The van der Waals surface area contributed by atoms with E-state index in [0.29, 0.717) is 29.0 Å². The minimum absolute atomic E-state index is 0.0649. The van der Waals surface area contributed by atoms with Gasteiger partial charge in [-0.05, 0) is 12.8 Å². The van der Waals surface area contributed by atoms with Crippen LogP contribution in [0.4, 0.5) is 0 Å². The minimum Gasteiger partial charge on any atom is -0.379 e. The Balaban J connectivity index is 1.75. The van der Waals surface area contributed by atoms with Gasteiger partial charge in [-0.1, -0.05) is 25.9 Å². The molecule has 0 spiro atoms. The van der Waals surface area contributed by atoms with E-state index in [4.69, 9.17) is 9.26 Å². The molecular weight excluding hydrogens is 294 g/mol. The SMILES string of the molecule is Cc1noc(C(C)C)c1C(=O)N1C[C@@H](C)[C@@H](N2CCOCC2)C1. The van der Waals surface area contributed by atoms with Crippen molar-refractivity contribution in [1.29, 1.82) is 0 Å². The predicted molar refractivity (Wildman–Crippen MR) is 86.6 cm³/mol. The molecule has 2 atom stereocenters. The van der Waals surface area contributed by atoms with Crippen LogP contribution in [0.1, 0.15) is 48.5 Å². The molecule has 2 aliphatic rings. The van der Waals surface area contributed by atoms with Crippen molar-refractivity contribution in [2.24, 2.45) is 5.92 Å². The summed E-state index contributed by atoms with van der Waals surface area (Å²) >= 11 is 0. The van der Waals surface area contributed by atoms with Crippen molar-refractivity contribution in [2.75, 3.05) is 39.4 Å². The number of aryl methyl sites for hydroxylation is 1. The maximum absolute atomic E-state index is 13.0. The summed E-state index contributed by atoms with van der Waals surface area (Å²) in [5.41, 5.74) is 1.36. The number of amides is 1. The van der Waals surface area contributed by atoms with Crippen molar-refractivity contribution in [3.05, 3.63) is 17.0 Å². The summed E-state index contributed by atoms with van der Waals surface area (Å²) in [6.45, 7) is 13.2. The summed E-state index contributed by atoms with van der Waals surface area (Å²) in [6.07, 6.45) is 0. The maximum Gasteiger partial charge on any atom is 0.259 e. The van der Waals surface area contributed by atoms with E-state index < -0.39 is 0 Å². The average Bonchev–Trinajstić information content (AvgIpc) is 3.11. The topological polar surface area (TPSA) is 58.8 Å². The third-order valence-electron chi connectivity index (χ3n) is 5.00. The Morgan fingerprint density at radius 1 is 1.26 bits per heavy atom. The highest BCUT2D eigenvalue weighted by atomic mass is 16.5. The fourth-order valence-electron chi connectivity index (χ4n) is 3.70. The molecule has 3 rings (SSSR count). The van der Waals surface area contributed by atoms with Gasteiger partial charge in [-0.15, -0.1) is 0 Å². The molecule has 1 aromatic heterocycles. The van der Waals surface area contributed by atoms with Gasteiger partial charge in [0.15, 0.2) is 5.76 Å². The smallest absolute Gasteiger partial charge is 0.259 e. The Labute approximate surface area is 137 Å². The number of carbonyl (C=O) groups excluding carboxylic acids is 1. The first-order chi connectivity index (χ1) is 11.0. The molecule has 2 aliphatic heterocycles. The molecule has 1 amide bonds. The number of hydrogen-bond acceptors (Lipinski definition) is 5. The highest BCUT2D eigenvalue weighted by Gasteiger charge is 2.38. The first kappa shape index (κ1) is 16.5. The number of carbonyl (C=O) groups is 1. The van der Waals surface area contributed by atoms with Crippen LogP contribution >= 0.6 is 0 Å².